The molecule has 1 aromatic carbocycles. The number of piperidine rings is 1. The van der Waals surface area contributed by atoms with E-state index in [1.54, 1.807) is 30.0 Å². The van der Waals surface area contributed by atoms with Gasteiger partial charge in [0.25, 0.3) is 0 Å². The van der Waals surface area contributed by atoms with Crippen molar-refractivity contribution in [2.75, 3.05) is 18.8 Å². The normalized spacial score (nSPS) is 16.3. The van der Waals surface area contributed by atoms with Crippen LogP contribution in [0.15, 0.2) is 24.3 Å². The summed E-state index contributed by atoms with van der Waals surface area (Å²) < 4.78 is 13.4. The highest BCUT2D eigenvalue weighted by molar-refractivity contribution is 8.00. The van der Waals surface area contributed by atoms with E-state index in [0.717, 1.165) is 25.9 Å². The Bertz CT molecular complexity index is 422. The largest absolute Gasteiger partial charge is 0.351 e. The minimum Gasteiger partial charge on any atom is -0.351 e. The van der Waals surface area contributed by atoms with Gasteiger partial charge in [0, 0.05) is 17.4 Å². The van der Waals surface area contributed by atoms with E-state index in [-0.39, 0.29) is 18.3 Å². The first kappa shape index (κ1) is 14.3. The number of nitrogens with one attached hydrogen (secondary N) is 2. The molecule has 1 aromatic rings. The Labute approximate surface area is 117 Å². The maximum absolute atomic E-state index is 13.4. The molecular formula is C14H19FN2OS. The highest BCUT2D eigenvalue weighted by Gasteiger charge is 2.14. The number of carbonyl (C=O) groups is 1. The van der Waals surface area contributed by atoms with E-state index >= 15 is 0 Å². The van der Waals surface area contributed by atoms with Crippen molar-refractivity contribution in [1.82, 2.24) is 10.6 Å². The van der Waals surface area contributed by atoms with Gasteiger partial charge in [-0.2, -0.15) is 0 Å². The maximum atomic E-state index is 13.4. The van der Waals surface area contributed by atoms with Gasteiger partial charge in [0.15, 0.2) is 0 Å². The third-order valence-electron chi connectivity index (χ3n) is 3.17. The summed E-state index contributed by atoms with van der Waals surface area (Å²) >= 11 is 1.70. The molecule has 19 heavy (non-hydrogen) atoms. The molecule has 0 unspecified atom stereocenters. The molecule has 1 saturated heterocycles. The molecule has 2 rings (SSSR count). The van der Waals surface area contributed by atoms with Crippen LogP contribution in [0.1, 0.15) is 18.4 Å². The molecule has 0 spiro atoms. The average molecular weight is 282 g/mol. The van der Waals surface area contributed by atoms with Crippen molar-refractivity contribution < 1.29 is 9.18 Å². The van der Waals surface area contributed by atoms with E-state index in [1.165, 1.54) is 6.07 Å². The van der Waals surface area contributed by atoms with E-state index < -0.39 is 0 Å². The number of amides is 1. The molecule has 1 aliphatic rings. The van der Waals surface area contributed by atoms with Crippen LogP contribution in [-0.4, -0.2) is 30.0 Å². The van der Waals surface area contributed by atoms with Crippen LogP contribution < -0.4 is 10.6 Å². The summed E-state index contributed by atoms with van der Waals surface area (Å²) in [6.45, 7) is 2.33. The number of hydrogen-bond acceptors (Lipinski definition) is 3. The fraction of sp³-hybridized carbons (Fsp3) is 0.500. The summed E-state index contributed by atoms with van der Waals surface area (Å²) in [5, 5.41) is 6.63. The minimum atomic E-state index is -0.270. The summed E-state index contributed by atoms with van der Waals surface area (Å²) in [6.07, 6.45) is 2.23. The molecule has 0 atom stereocenters. The first-order valence-corrected chi connectivity index (χ1v) is 7.63. The van der Waals surface area contributed by atoms with Gasteiger partial charge in [-0.15, -0.1) is 11.8 Å². The summed E-state index contributed by atoms with van der Waals surface area (Å²) in [5.41, 5.74) is 0.530. The van der Waals surface area contributed by atoms with Crippen LogP contribution in [0.25, 0.3) is 0 Å². The van der Waals surface area contributed by atoms with Crippen LogP contribution in [0.2, 0.25) is 0 Å². The molecule has 0 radical (unpaired) electrons. The molecule has 3 nitrogen and oxygen atoms in total. The van der Waals surface area contributed by atoms with Gasteiger partial charge >= 0.3 is 0 Å². The van der Waals surface area contributed by atoms with E-state index in [9.17, 15) is 9.18 Å². The van der Waals surface area contributed by atoms with E-state index in [4.69, 9.17) is 0 Å². The Morgan fingerprint density at radius 3 is 2.84 bits per heavy atom. The lowest BCUT2D eigenvalue weighted by molar-refractivity contribution is -0.118. The van der Waals surface area contributed by atoms with Crippen LogP contribution in [0.3, 0.4) is 0 Å². The zero-order chi connectivity index (χ0) is 13.5. The van der Waals surface area contributed by atoms with E-state index in [0.29, 0.717) is 16.6 Å². The zero-order valence-electron chi connectivity index (χ0n) is 10.8. The Balaban J connectivity index is 1.68. The second-order valence-corrected chi connectivity index (χ2v) is 5.92. The maximum Gasteiger partial charge on any atom is 0.230 e. The summed E-state index contributed by atoms with van der Waals surface area (Å²) in [4.78, 5) is 11.7. The van der Waals surface area contributed by atoms with Gasteiger partial charge in [0.1, 0.15) is 5.82 Å². The number of hydrogen-bond donors (Lipinski definition) is 2. The van der Waals surface area contributed by atoms with Crippen molar-refractivity contribution in [2.24, 2.45) is 0 Å². The standard InChI is InChI=1S/C14H19FN2OS/c15-13-4-2-1-3-11(13)9-17-14(18)10-19-12-5-7-16-8-6-12/h1-4,12,16H,5-10H2,(H,17,18). The number of rotatable bonds is 5. The lowest BCUT2D eigenvalue weighted by Gasteiger charge is -2.21. The molecule has 0 aliphatic carbocycles. The third kappa shape index (κ3) is 4.84. The van der Waals surface area contributed by atoms with Crippen LogP contribution >= 0.6 is 11.8 Å². The highest BCUT2D eigenvalue weighted by Crippen LogP contribution is 2.19. The Hall–Kier alpha value is -1.07. The van der Waals surface area contributed by atoms with Crippen molar-refractivity contribution in [3.8, 4) is 0 Å². The Morgan fingerprint density at radius 1 is 1.37 bits per heavy atom. The first-order chi connectivity index (χ1) is 9.25. The Kier molecular flexibility index (Phi) is 5.66. The van der Waals surface area contributed by atoms with Gasteiger partial charge < -0.3 is 10.6 Å². The van der Waals surface area contributed by atoms with Crippen molar-refractivity contribution in [1.29, 1.82) is 0 Å². The molecule has 0 aromatic heterocycles. The second kappa shape index (κ2) is 7.50. The summed E-state index contributed by atoms with van der Waals surface area (Å²) in [6, 6.07) is 6.52. The van der Waals surface area contributed by atoms with Crippen LogP contribution in [0.4, 0.5) is 4.39 Å². The molecular weight excluding hydrogens is 263 g/mol. The number of halogens is 1. The molecule has 1 heterocycles. The molecule has 0 bridgehead atoms. The first-order valence-electron chi connectivity index (χ1n) is 6.58. The molecule has 104 valence electrons. The molecule has 1 amide bonds. The van der Waals surface area contributed by atoms with Crippen LogP contribution in [0.5, 0.6) is 0 Å². The fourth-order valence-corrected chi connectivity index (χ4v) is 3.10. The van der Waals surface area contributed by atoms with Crippen molar-refractivity contribution in [2.45, 2.75) is 24.6 Å². The van der Waals surface area contributed by atoms with Crippen LogP contribution in [-0.2, 0) is 11.3 Å². The van der Waals surface area contributed by atoms with E-state index in [2.05, 4.69) is 10.6 Å². The third-order valence-corrected chi connectivity index (χ3v) is 4.54. The topological polar surface area (TPSA) is 41.1 Å². The summed E-state index contributed by atoms with van der Waals surface area (Å²) in [7, 11) is 0. The minimum absolute atomic E-state index is 0.0215. The van der Waals surface area contributed by atoms with Gasteiger partial charge in [-0.05, 0) is 32.0 Å². The zero-order valence-corrected chi connectivity index (χ0v) is 11.6. The molecule has 0 saturated carbocycles. The number of carbonyl (C=O) groups excluding carboxylic acids is 1. The lowest BCUT2D eigenvalue weighted by atomic mass is 10.2. The predicted molar refractivity (Wildman–Crippen MR) is 76.6 cm³/mol. The Morgan fingerprint density at radius 2 is 2.11 bits per heavy atom. The monoisotopic (exact) mass is 282 g/mol. The molecule has 1 fully saturated rings. The number of benzene rings is 1. The second-order valence-electron chi connectivity index (χ2n) is 4.63. The number of thioether (sulfide) groups is 1. The fourth-order valence-electron chi connectivity index (χ4n) is 2.04. The smallest absolute Gasteiger partial charge is 0.230 e. The molecule has 1 aliphatic heterocycles. The molecule has 5 heteroatoms. The average Bonchev–Trinajstić information content (AvgIpc) is 2.45. The highest BCUT2D eigenvalue weighted by atomic mass is 32.2. The SMILES string of the molecule is O=C(CSC1CCNCC1)NCc1ccccc1F. The van der Waals surface area contributed by atoms with Gasteiger partial charge in [0.05, 0.1) is 5.75 Å². The molecule has 2 N–H and O–H groups in total. The quantitative estimate of drug-likeness (QED) is 0.867. The predicted octanol–water partition coefficient (Wildman–Crippen LogP) is 1.93. The van der Waals surface area contributed by atoms with Gasteiger partial charge in [0.2, 0.25) is 5.91 Å². The van der Waals surface area contributed by atoms with Crippen molar-refractivity contribution in [3.05, 3.63) is 35.6 Å². The van der Waals surface area contributed by atoms with Crippen molar-refractivity contribution in [3.63, 3.8) is 0 Å². The van der Waals surface area contributed by atoms with Gasteiger partial charge in [-0.1, -0.05) is 18.2 Å². The lowest BCUT2D eigenvalue weighted by Crippen LogP contribution is -2.31. The summed E-state index contributed by atoms with van der Waals surface area (Å²) in [5.74, 6) is 0.166. The van der Waals surface area contributed by atoms with Crippen molar-refractivity contribution >= 4 is 17.7 Å². The van der Waals surface area contributed by atoms with Gasteiger partial charge in [-0.25, -0.2) is 4.39 Å². The van der Waals surface area contributed by atoms with Gasteiger partial charge in [-0.3, -0.25) is 4.79 Å². The van der Waals surface area contributed by atoms with E-state index in [1.807, 2.05) is 0 Å². The van der Waals surface area contributed by atoms with Crippen LogP contribution in [0, 0.1) is 5.82 Å².